The van der Waals surface area contributed by atoms with Gasteiger partial charge in [-0.05, 0) is 13.3 Å². The molecular weight excluding hydrogens is 220 g/mol. The number of rotatable bonds is 3. The van der Waals surface area contributed by atoms with Crippen molar-refractivity contribution in [1.29, 1.82) is 0 Å². The summed E-state index contributed by atoms with van der Waals surface area (Å²) in [7, 11) is 0. The zero-order valence-electron chi connectivity index (χ0n) is 9.55. The topological polar surface area (TPSA) is 80.7 Å². The van der Waals surface area contributed by atoms with Crippen LogP contribution in [0.4, 0.5) is 11.8 Å². The van der Waals surface area contributed by atoms with Crippen molar-refractivity contribution in [1.82, 2.24) is 25.0 Å². The van der Waals surface area contributed by atoms with Crippen LogP contribution >= 0.6 is 0 Å². The van der Waals surface area contributed by atoms with E-state index in [1.165, 1.54) is 6.33 Å². The zero-order valence-corrected chi connectivity index (χ0v) is 9.55. The first-order chi connectivity index (χ1) is 8.33. The Morgan fingerprint density at radius 3 is 3.24 bits per heavy atom. The summed E-state index contributed by atoms with van der Waals surface area (Å²) in [4.78, 5) is 4.04. The van der Waals surface area contributed by atoms with Crippen LogP contribution < -0.4 is 5.32 Å². The number of aromatic nitrogens is 5. The summed E-state index contributed by atoms with van der Waals surface area (Å²) < 4.78 is 7.35. The van der Waals surface area contributed by atoms with Gasteiger partial charge in [-0.25, -0.2) is 9.78 Å². The molecule has 0 spiro atoms. The molecule has 0 aromatic carbocycles. The van der Waals surface area contributed by atoms with Crippen LogP contribution in [0, 0.1) is 6.92 Å². The summed E-state index contributed by atoms with van der Waals surface area (Å²) in [5.74, 6) is 1.53. The molecule has 0 amide bonds. The number of aromatic amines is 1. The maximum absolute atomic E-state index is 5.39. The molecule has 1 atom stereocenters. The van der Waals surface area contributed by atoms with Crippen molar-refractivity contribution in [3.63, 3.8) is 0 Å². The quantitative estimate of drug-likeness (QED) is 0.828. The first kappa shape index (κ1) is 10.3. The molecular formula is C10H14N6O. The van der Waals surface area contributed by atoms with E-state index in [1.54, 1.807) is 0 Å². The summed E-state index contributed by atoms with van der Waals surface area (Å²) in [5.41, 5.74) is 0.971. The van der Waals surface area contributed by atoms with E-state index in [1.807, 2.05) is 17.7 Å². The lowest BCUT2D eigenvalue weighted by molar-refractivity contribution is 0.185. The second-order valence-corrected chi connectivity index (χ2v) is 4.09. The van der Waals surface area contributed by atoms with Gasteiger partial charge in [0, 0.05) is 12.7 Å². The van der Waals surface area contributed by atoms with Crippen molar-refractivity contribution in [2.24, 2.45) is 0 Å². The molecule has 90 valence electrons. The monoisotopic (exact) mass is 234 g/mol. The van der Waals surface area contributed by atoms with E-state index in [0.29, 0.717) is 18.6 Å². The average Bonchev–Trinajstić information content (AvgIpc) is 3.00. The van der Waals surface area contributed by atoms with Crippen molar-refractivity contribution in [3.8, 4) is 0 Å². The molecule has 0 aliphatic carbocycles. The summed E-state index contributed by atoms with van der Waals surface area (Å²) in [6, 6.07) is 2.29. The standard InChI is InChI=1S/C10H14N6O/c1-7-4-9(13-10-11-6-12-14-10)16(15-7)8-2-3-17-5-8/h4,6,8H,2-3,5H2,1H3,(H2,11,12,13,14). The number of hydrogen-bond acceptors (Lipinski definition) is 5. The highest BCUT2D eigenvalue weighted by molar-refractivity contribution is 5.48. The van der Waals surface area contributed by atoms with E-state index < -0.39 is 0 Å². The summed E-state index contributed by atoms with van der Waals surface area (Å²) in [6.45, 7) is 3.48. The predicted octanol–water partition coefficient (Wildman–Crippen LogP) is 1.01. The lowest BCUT2D eigenvalue weighted by Crippen LogP contribution is -2.13. The number of aryl methyl sites for hydroxylation is 1. The molecule has 1 saturated heterocycles. The molecule has 3 rings (SSSR count). The fraction of sp³-hybridized carbons (Fsp3) is 0.500. The number of ether oxygens (including phenoxy) is 1. The van der Waals surface area contributed by atoms with Gasteiger partial charge in [-0.15, -0.1) is 0 Å². The highest BCUT2D eigenvalue weighted by atomic mass is 16.5. The molecule has 0 radical (unpaired) electrons. The van der Waals surface area contributed by atoms with Gasteiger partial charge in [0.1, 0.15) is 12.1 Å². The molecule has 17 heavy (non-hydrogen) atoms. The maximum Gasteiger partial charge on any atom is 0.224 e. The molecule has 1 aliphatic heterocycles. The second-order valence-electron chi connectivity index (χ2n) is 4.09. The van der Waals surface area contributed by atoms with Crippen molar-refractivity contribution in [2.45, 2.75) is 19.4 Å². The molecule has 0 bridgehead atoms. The van der Waals surface area contributed by atoms with Crippen LogP contribution in [0.5, 0.6) is 0 Å². The Hall–Kier alpha value is -1.89. The van der Waals surface area contributed by atoms with E-state index in [2.05, 4.69) is 25.6 Å². The molecule has 3 heterocycles. The first-order valence-electron chi connectivity index (χ1n) is 5.59. The molecule has 7 heteroatoms. The Morgan fingerprint density at radius 1 is 1.59 bits per heavy atom. The Bertz CT molecular complexity index is 485. The Balaban J connectivity index is 1.87. The van der Waals surface area contributed by atoms with Crippen molar-refractivity contribution < 1.29 is 4.74 Å². The van der Waals surface area contributed by atoms with E-state index in [4.69, 9.17) is 4.74 Å². The Morgan fingerprint density at radius 2 is 2.53 bits per heavy atom. The number of nitrogens with one attached hydrogen (secondary N) is 2. The van der Waals surface area contributed by atoms with Gasteiger partial charge in [0.05, 0.1) is 18.3 Å². The SMILES string of the molecule is Cc1cc(Nc2ncn[nH]2)n(C2CCOC2)n1. The molecule has 1 unspecified atom stereocenters. The fourth-order valence-electron chi connectivity index (χ4n) is 1.99. The van der Waals surface area contributed by atoms with Gasteiger partial charge in [0.2, 0.25) is 5.95 Å². The van der Waals surface area contributed by atoms with Gasteiger partial charge in [-0.1, -0.05) is 0 Å². The van der Waals surface area contributed by atoms with Crippen LogP contribution in [0.25, 0.3) is 0 Å². The predicted molar refractivity (Wildman–Crippen MR) is 61.1 cm³/mol. The van der Waals surface area contributed by atoms with Crippen LogP contribution in [0.1, 0.15) is 18.2 Å². The maximum atomic E-state index is 5.39. The lowest BCUT2D eigenvalue weighted by Gasteiger charge is -2.12. The third-order valence-electron chi connectivity index (χ3n) is 2.77. The first-order valence-corrected chi connectivity index (χ1v) is 5.59. The smallest absolute Gasteiger partial charge is 0.224 e. The average molecular weight is 234 g/mol. The van der Waals surface area contributed by atoms with Crippen molar-refractivity contribution in [3.05, 3.63) is 18.1 Å². The summed E-state index contributed by atoms with van der Waals surface area (Å²) in [5, 5.41) is 14.2. The molecule has 0 saturated carbocycles. The van der Waals surface area contributed by atoms with Crippen LogP contribution in [0.3, 0.4) is 0 Å². The largest absolute Gasteiger partial charge is 0.379 e. The van der Waals surface area contributed by atoms with Crippen LogP contribution in [-0.4, -0.2) is 38.2 Å². The lowest BCUT2D eigenvalue weighted by atomic mass is 10.3. The highest BCUT2D eigenvalue weighted by Crippen LogP contribution is 2.24. The van der Waals surface area contributed by atoms with E-state index in [-0.39, 0.29) is 0 Å². The molecule has 2 N–H and O–H groups in total. The Labute approximate surface area is 98.2 Å². The van der Waals surface area contributed by atoms with E-state index >= 15 is 0 Å². The Kier molecular flexibility index (Phi) is 2.52. The highest BCUT2D eigenvalue weighted by Gasteiger charge is 2.21. The minimum Gasteiger partial charge on any atom is -0.379 e. The molecule has 2 aromatic heterocycles. The van der Waals surface area contributed by atoms with Crippen LogP contribution in [0.2, 0.25) is 0 Å². The van der Waals surface area contributed by atoms with Crippen molar-refractivity contribution >= 4 is 11.8 Å². The van der Waals surface area contributed by atoms with Gasteiger partial charge in [-0.2, -0.15) is 15.2 Å². The van der Waals surface area contributed by atoms with Crippen LogP contribution in [0.15, 0.2) is 12.4 Å². The molecule has 1 fully saturated rings. The fourth-order valence-corrected chi connectivity index (χ4v) is 1.99. The third kappa shape index (κ3) is 2.01. The normalized spacial score (nSPS) is 19.7. The molecule has 2 aromatic rings. The van der Waals surface area contributed by atoms with Gasteiger partial charge in [0.15, 0.2) is 0 Å². The molecule has 1 aliphatic rings. The third-order valence-corrected chi connectivity index (χ3v) is 2.77. The minimum absolute atomic E-state index is 0.300. The number of H-pyrrole nitrogens is 1. The second kappa shape index (κ2) is 4.17. The molecule has 7 nitrogen and oxygen atoms in total. The summed E-state index contributed by atoms with van der Waals surface area (Å²) >= 11 is 0. The van der Waals surface area contributed by atoms with Gasteiger partial charge in [-0.3, -0.25) is 0 Å². The zero-order chi connectivity index (χ0) is 11.7. The van der Waals surface area contributed by atoms with E-state index in [9.17, 15) is 0 Å². The van der Waals surface area contributed by atoms with E-state index in [0.717, 1.165) is 24.5 Å². The number of nitrogens with zero attached hydrogens (tertiary/aromatic N) is 4. The number of anilines is 2. The number of hydrogen-bond donors (Lipinski definition) is 2. The minimum atomic E-state index is 0.300. The summed E-state index contributed by atoms with van der Waals surface area (Å²) in [6.07, 6.45) is 2.46. The van der Waals surface area contributed by atoms with Gasteiger partial charge < -0.3 is 10.1 Å². The van der Waals surface area contributed by atoms with Gasteiger partial charge >= 0.3 is 0 Å². The van der Waals surface area contributed by atoms with Crippen molar-refractivity contribution in [2.75, 3.05) is 18.5 Å². The van der Waals surface area contributed by atoms with Gasteiger partial charge in [0.25, 0.3) is 0 Å². The van der Waals surface area contributed by atoms with Crippen LogP contribution in [-0.2, 0) is 4.74 Å².